The van der Waals surface area contributed by atoms with Crippen LogP contribution in [0, 0.1) is 5.82 Å². The third-order valence-electron chi connectivity index (χ3n) is 4.12. The summed E-state index contributed by atoms with van der Waals surface area (Å²) in [6.07, 6.45) is 3.36. The molecular weight excluding hydrogens is 351 g/mol. The fraction of sp³-hybridized carbons (Fsp3) is 0.0500. The van der Waals surface area contributed by atoms with Gasteiger partial charge in [0, 0.05) is 41.2 Å². The van der Waals surface area contributed by atoms with Gasteiger partial charge in [-0.1, -0.05) is 29.8 Å². The number of halogens is 2. The van der Waals surface area contributed by atoms with E-state index in [-0.39, 0.29) is 0 Å². The lowest BCUT2D eigenvalue weighted by Crippen LogP contribution is -2.01. The van der Waals surface area contributed by atoms with Crippen molar-refractivity contribution in [3.8, 4) is 22.5 Å². The van der Waals surface area contributed by atoms with Crippen LogP contribution in [0.2, 0.25) is 5.02 Å². The lowest BCUT2D eigenvalue weighted by Gasteiger charge is -2.12. The molecule has 0 radical (unpaired) electrons. The molecule has 0 atom stereocenters. The van der Waals surface area contributed by atoms with Gasteiger partial charge in [0.15, 0.2) is 5.82 Å². The Bertz CT molecular complexity index is 1100. The summed E-state index contributed by atoms with van der Waals surface area (Å²) in [6.45, 7) is 0. The summed E-state index contributed by atoms with van der Waals surface area (Å²) in [6, 6.07) is 14.3. The Morgan fingerprint density at radius 1 is 0.962 bits per heavy atom. The molecule has 2 aromatic carbocycles. The Labute approximate surface area is 154 Å². The van der Waals surface area contributed by atoms with E-state index in [9.17, 15) is 0 Å². The van der Waals surface area contributed by atoms with Crippen LogP contribution in [0.4, 0.5) is 10.2 Å². The van der Waals surface area contributed by atoms with Crippen LogP contribution in [-0.2, 0) is 0 Å². The number of nitrogens with zero attached hydrogens (tertiary/aromatic N) is 3. The molecule has 0 saturated heterocycles. The molecule has 4 aromatic rings. The predicted molar refractivity (Wildman–Crippen MR) is 103 cm³/mol. The summed E-state index contributed by atoms with van der Waals surface area (Å²) >= 11 is 6.24. The van der Waals surface area contributed by atoms with E-state index in [1.54, 1.807) is 43.7 Å². The maximum Gasteiger partial charge on any atom is 0.163 e. The van der Waals surface area contributed by atoms with Crippen molar-refractivity contribution < 1.29 is 4.39 Å². The first-order valence-electron chi connectivity index (χ1n) is 8.02. The van der Waals surface area contributed by atoms with Crippen LogP contribution < -0.4 is 5.32 Å². The first-order chi connectivity index (χ1) is 12.7. The Morgan fingerprint density at radius 2 is 1.81 bits per heavy atom. The van der Waals surface area contributed by atoms with Crippen molar-refractivity contribution in [1.82, 2.24) is 15.0 Å². The van der Waals surface area contributed by atoms with E-state index in [0.29, 0.717) is 38.7 Å². The minimum absolute atomic E-state index is 0.331. The molecule has 0 aliphatic rings. The Hall–Kier alpha value is -3.05. The number of fused-ring (bicyclic) bond motifs is 1. The van der Waals surface area contributed by atoms with E-state index in [1.165, 1.54) is 0 Å². The van der Waals surface area contributed by atoms with E-state index in [1.807, 2.05) is 24.3 Å². The number of anilines is 1. The zero-order valence-corrected chi connectivity index (χ0v) is 14.6. The van der Waals surface area contributed by atoms with Gasteiger partial charge in [-0.2, -0.15) is 0 Å². The standard InChI is InChI=1S/C20H14ClFN4/c1-23-20-17-16(25-19(26-20)12-5-4-10-24-11-12)9-8-14(18(17)22)13-6-2-3-7-15(13)21/h2-11H,1H3,(H,23,25,26). The summed E-state index contributed by atoms with van der Waals surface area (Å²) in [5, 5.41) is 3.79. The normalized spacial score (nSPS) is 10.9. The smallest absolute Gasteiger partial charge is 0.163 e. The van der Waals surface area contributed by atoms with Gasteiger partial charge in [0.1, 0.15) is 11.6 Å². The number of hydrogen-bond acceptors (Lipinski definition) is 4. The largest absolute Gasteiger partial charge is 0.372 e. The molecule has 0 unspecified atom stereocenters. The van der Waals surface area contributed by atoms with E-state index in [0.717, 1.165) is 5.56 Å². The SMILES string of the molecule is CNc1nc(-c2cccnc2)nc2ccc(-c3ccccc3Cl)c(F)c12. The molecule has 2 heterocycles. The van der Waals surface area contributed by atoms with Crippen molar-refractivity contribution in [3.63, 3.8) is 0 Å². The first kappa shape index (κ1) is 16.4. The molecule has 0 aliphatic carbocycles. The van der Waals surface area contributed by atoms with Crippen molar-refractivity contribution in [2.45, 2.75) is 0 Å². The zero-order valence-electron chi connectivity index (χ0n) is 13.9. The van der Waals surface area contributed by atoms with Gasteiger partial charge in [-0.05, 0) is 30.3 Å². The van der Waals surface area contributed by atoms with Gasteiger partial charge >= 0.3 is 0 Å². The maximum atomic E-state index is 15.3. The highest BCUT2D eigenvalue weighted by atomic mass is 35.5. The Morgan fingerprint density at radius 3 is 2.54 bits per heavy atom. The minimum atomic E-state index is -0.405. The van der Waals surface area contributed by atoms with Crippen LogP contribution in [-0.4, -0.2) is 22.0 Å². The third-order valence-corrected chi connectivity index (χ3v) is 4.45. The second kappa shape index (κ2) is 6.69. The molecule has 2 aromatic heterocycles. The summed E-state index contributed by atoms with van der Waals surface area (Å²) < 4.78 is 15.3. The van der Waals surface area contributed by atoms with Gasteiger partial charge in [-0.15, -0.1) is 0 Å². The molecule has 0 saturated carbocycles. The van der Waals surface area contributed by atoms with E-state index >= 15 is 4.39 Å². The van der Waals surface area contributed by atoms with Crippen molar-refractivity contribution in [1.29, 1.82) is 0 Å². The van der Waals surface area contributed by atoms with Gasteiger partial charge in [0.2, 0.25) is 0 Å². The number of rotatable bonds is 3. The quantitative estimate of drug-likeness (QED) is 0.543. The van der Waals surface area contributed by atoms with Gasteiger partial charge in [-0.25, -0.2) is 14.4 Å². The molecule has 0 amide bonds. The summed E-state index contributed by atoms with van der Waals surface area (Å²) in [5.74, 6) is 0.498. The van der Waals surface area contributed by atoms with Crippen LogP contribution in [0.15, 0.2) is 60.9 Å². The van der Waals surface area contributed by atoms with E-state index in [2.05, 4.69) is 20.3 Å². The maximum absolute atomic E-state index is 15.3. The second-order valence-electron chi connectivity index (χ2n) is 5.69. The van der Waals surface area contributed by atoms with E-state index in [4.69, 9.17) is 11.6 Å². The fourth-order valence-electron chi connectivity index (χ4n) is 2.88. The number of pyridine rings is 1. The summed E-state index contributed by atoms with van der Waals surface area (Å²) in [5.41, 5.74) is 2.32. The molecule has 26 heavy (non-hydrogen) atoms. The molecule has 1 N–H and O–H groups in total. The Balaban J connectivity index is 1.97. The average molecular weight is 365 g/mol. The molecule has 4 rings (SSSR count). The summed E-state index contributed by atoms with van der Waals surface area (Å²) in [4.78, 5) is 13.1. The molecule has 0 aliphatic heterocycles. The highest BCUT2D eigenvalue weighted by molar-refractivity contribution is 6.33. The molecule has 0 bridgehead atoms. The van der Waals surface area contributed by atoms with Gasteiger partial charge in [0.05, 0.1) is 10.9 Å². The van der Waals surface area contributed by atoms with E-state index < -0.39 is 5.82 Å². The molecule has 4 nitrogen and oxygen atoms in total. The lowest BCUT2D eigenvalue weighted by atomic mass is 10.0. The van der Waals surface area contributed by atoms with Crippen molar-refractivity contribution in [2.75, 3.05) is 12.4 Å². The monoisotopic (exact) mass is 364 g/mol. The van der Waals surface area contributed by atoms with Crippen molar-refractivity contribution >= 4 is 28.3 Å². The number of nitrogens with one attached hydrogen (secondary N) is 1. The van der Waals surface area contributed by atoms with Crippen LogP contribution >= 0.6 is 11.6 Å². The second-order valence-corrected chi connectivity index (χ2v) is 6.10. The topological polar surface area (TPSA) is 50.7 Å². The van der Waals surface area contributed by atoms with Crippen LogP contribution in [0.25, 0.3) is 33.4 Å². The van der Waals surface area contributed by atoms with Crippen LogP contribution in [0.1, 0.15) is 0 Å². The van der Waals surface area contributed by atoms with Crippen molar-refractivity contribution in [3.05, 3.63) is 71.8 Å². The fourth-order valence-corrected chi connectivity index (χ4v) is 3.12. The number of hydrogen-bond donors (Lipinski definition) is 1. The van der Waals surface area contributed by atoms with Crippen molar-refractivity contribution in [2.24, 2.45) is 0 Å². The molecule has 0 spiro atoms. The molecule has 0 fully saturated rings. The van der Waals surface area contributed by atoms with Gasteiger partial charge in [-0.3, -0.25) is 4.98 Å². The zero-order chi connectivity index (χ0) is 18.1. The summed E-state index contributed by atoms with van der Waals surface area (Å²) in [7, 11) is 1.70. The highest BCUT2D eigenvalue weighted by Crippen LogP contribution is 2.35. The predicted octanol–water partition coefficient (Wildman–Crippen LogP) is 5.19. The first-order valence-corrected chi connectivity index (χ1v) is 8.40. The number of aromatic nitrogens is 3. The van der Waals surface area contributed by atoms with Gasteiger partial charge < -0.3 is 5.32 Å². The Kier molecular flexibility index (Phi) is 4.22. The molecule has 128 valence electrons. The minimum Gasteiger partial charge on any atom is -0.372 e. The molecule has 6 heteroatoms. The van der Waals surface area contributed by atoms with Crippen LogP contribution in [0.5, 0.6) is 0 Å². The lowest BCUT2D eigenvalue weighted by molar-refractivity contribution is 0.643. The van der Waals surface area contributed by atoms with Crippen LogP contribution in [0.3, 0.4) is 0 Å². The molecular formula is C20H14ClFN4. The highest BCUT2D eigenvalue weighted by Gasteiger charge is 2.17. The average Bonchev–Trinajstić information content (AvgIpc) is 2.69. The number of benzene rings is 2. The van der Waals surface area contributed by atoms with Gasteiger partial charge in [0.25, 0.3) is 0 Å². The third kappa shape index (κ3) is 2.76.